The Hall–Kier alpha value is -1.64. The van der Waals surface area contributed by atoms with Crippen molar-refractivity contribution in [3.63, 3.8) is 0 Å². The molecule has 0 saturated heterocycles. The summed E-state index contributed by atoms with van der Waals surface area (Å²) in [6.45, 7) is 6.26. The van der Waals surface area contributed by atoms with Crippen LogP contribution in [0.5, 0.6) is 0 Å². The van der Waals surface area contributed by atoms with Crippen molar-refractivity contribution in [3.8, 4) is 0 Å². The van der Waals surface area contributed by atoms with Gasteiger partial charge in [-0.25, -0.2) is 4.99 Å². The van der Waals surface area contributed by atoms with E-state index in [1.54, 1.807) is 0 Å². The lowest BCUT2D eigenvalue weighted by atomic mass is 10.1. The highest BCUT2D eigenvalue weighted by Crippen LogP contribution is 2.21. The summed E-state index contributed by atoms with van der Waals surface area (Å²) in [5, 5.41) is 0. The maximum absolute atomic E-state index is 4.78. The van der Waals surface area contributed by atoms with Crippen LogP contribution in [0.15, 0.2) is 28.2 Å². The van der Waals surface area contributed by atoms with Crippen LogP contribution in [0, 0.1) is 13.8 Å². The summed E-state index contributed by atoms with van der Waals surface area (Å²) in [5.74, 6) is 1.05. The molecule has 108 valence electrons. The first-order chi connectivity index (χ1) is 9.56. The minimum atomic E-state index is 0.520. The quantitative estimate of drug-likeness (QED) is 0.596. The summed E-state index contributed by atoms with van der Waals surface area (Å²) in [6.07, 6.45) is 6.98. The third kappa shape index (κ3) is 3.92. The molecule has 0 radical (unpaired) electrons. The van der Waals surface area contributed by atoms with Crippen LogP contribution in [-0.4, -0.2) is 30.2 Å². The van der Waals surface area contributed by atoms with Crippen molar-refractivity contribution in [2.45, 2.75) is 52.5 Å². The molecule has 0 aliphatic heterocycles. The van der Waals surface area contributed by atoms with Gasteiger partial charge in [-0.15, -0.1) is 0 Å². The molecule has 0 bridgehead atoms. The summed E-state index contributed by atoms with van der Waals surface area (Å²) in [4.78, 5) is 11.4. The summed E-state index contributed by atoms with van der Waals surface area (Å²) in [7, 11) is 2.01. The van der Waals surface area contributed by atoms with Gasteiger partial charge in [0, 0.05) is 7.05 Å². The first-order valence-electron chi connectivity index (χ1n) is 7.45. The topological polar surface area (TPSA) is 28.0 Å². The van der Waals surface area contributed by atoms with Gasteiger partial charge in [-0.05, 0) is 45.2 Å². The lowest BCUT2D eigenvalue weighted by molar-refractivity contribution is 0.674. The predicted molar refractivity (Wildman–Crippen MR) is 87.2 cm³/mol. The van der Waals surface area contributed by atoms with E-state index in [0.717, 1.165) is 11.5 Å². The third-order valence-electron chi connectivity index (χ3n) is 3.93. The van der Waals surface area contributed by atoms with Crippen LogP contribution in [0.3, 0.4) is 0 Å². The van der Waals surface area contributed by atoms with E-state index in [1.165, 1.54) is 36.8 Å². The van der Waals surface area contributed by atoms with Crippen molar-refractivity contribution >= 4 is 17.9 Å². The average Bonchev–Trinajstić information content (AvgIpc) is 2.90. The molecule has 0 unspecified atom stereocenters. The molecule has 0 aromatic heterocycles. The van der Waals surface area contributed by atoms with Crippen LogP contribution in [0.4, 0.5) is 5.69 Å². The van der Waals surface area contributed by atoms with Crippen molar-refractivity contribution in [1.82, 2.24) is 4.90 Å². The number of aliphatic imine (C=N–C) groups is 2. The minimum absolute atomic E-state index is 0.520. The van der Waals surface area contributed by atoms with E-state index in [2.05, 4.69) is 44.0 Å². The Kier molecular flexibility index (Phi) is 4.94. The summed E-state index contributed by atoms with van der Waals surface area (Å²) in [6, 6.07) is 6.84. The van der Waals surface area contributed by atoms with E-state index in [4.69, 9.17) is 4.99 Å². The SMILES string of the molecule is CC(=NC1CCCC1)N(C)C=Nc1ccc(C)cc1C. The molecule has 2 rings (SSSR count). The number of nitrogens with zero attached hydrogens (tertiary/aromatic N) is 3. The van der Waals surface area contributed by atoms with Crippen molar-refractivity contribution in [2.24, 2.45) is 9.98 Å². The normalized spacial score (nSPS) is 17.1. The number of hydrogen-bond donors (Lipinski definition) is 0. The third-order valence-corrected chi connectivity index (χ3v) is 3.93. The number of hydrogen-bond acceptors (Lipinski definition) is 2. The smallest absolute Gasteiger partial charge is 0.101 e. The molecule has 20 heavy (non-hydrogen) atoms. The Morgan fingerprint density at radius 1 is 1.25 bits per heavy atom. The summed E-state index contributed by atoms with van der Waals surface area (Å²) < 4.78 is 0. The van der Waals surface area contributed by atoms with Gasteiger partial charge in [-0.3, -0.25) is 4.99 Å². The maximum atomic E-state index is 4.78. The van der Waals surface area contributed by atoms with Gasteiger partial charge in [0.05, 0.1) is 18.1 Å². The second kappa shape index (κ2) is 6.69. The Morgan fingerprint density at radius 3 is 2.60 bits per heavy atom. The van der Waals surface area contributed by atoms with Crippen LogP contribution in [0.2, 0.25) is 0 Å². The van der Waals surface area contributed by atoms with Gasteiger partial charge in [0.25, 0.3) is 0 Å². The van der Waals surface area contributed by atoms with Gasteiger partial charge < -0.3 is 4.90 Å². The Balaban J connectivity index is 2.02. The van der Waals surface area contributed by atoms with Crippen LogP contribution >= 0.6 is 0 Å². The molecule has 3 nitrogen and oxygen atoms in total. The number of rotatable bonds is 3. The Labute approximate surface area is 122 Å². The molecular weight excluding hydrogens is 246 g/mol. The molecule has 1 fully saturated rings. The molecule has 1 saturated carbocycles. The molecule has 1 aliphatic rings. The van der Waals surface area contributed by atoms with Gasteiger partial charge in [0.2, 0.25) is 0 Å². The van der Waals surface area contributed by atoms with E-state index in [-0.39, 0.29) is 0 Å². The second-order valence-corrected chi connectivity index (χ2v) is 5.76. The second-order valence-electron chi connectivity index (χ2n) is 5.76. The molecule has 0 heterocycles. The number of benzene rings is 1. The zero-order valence-electron chi connectivity index (χ0n) is 13.1. The highest BCUT2D eigenvalue weighted by Gasteiger charge is 2.14. The minimum Gasteiger partial charge on any atom is -0.324 e. The van der Waals surface area contributed by atoms with E-state index in [1.807, 2.05) is 18.3 Å². The average molecular weight is 271 g/mol. The van der Waals surface area contributed by atoms with E-state index < -0.39 is 0 Å². The van der Waals surface area contributed by atoms with Crippen molar-refractivity contribution in [1.29, 1.82) is 0 Å². The van der Waals surface area contributed by atoms with E-state index in [9.17, 15) is 0 Å². The molecule has 1 aliphatic carbocycles. The predicted octanol–water partition coefficient (Wildman–Crippen LogP) is 4.26. The molecule has 0 spiro atoms. The largest absolute Gasteiger partial charge is 0.324 e. The van der Waals surface area contributed by atoms with E-state index in [0.29, 0.717) is 6.04 Å². The lowest BCUT2D eigenvalue weighted by Crippen LogP contribution is -2.23. The fourth-order valence-electron chi connectivity index (χ4n) is 2.57. The fraction of sp³-hybridized carbons (Fsp3) is 0.529. The molecular formula is C17H25N3. The van der Waals surface area contributed by atoms with E-state index >= 15 is 0 Å². The summed E-state index contributed by atoms with van der Waals surface area (Å²) in [5.41, 5.74) is 3.50. The molecule has 0 N–H and O–H groups in total. The monoisotopic (exact) mass is 271 g/mol. The molecule has 1 aromatic carbocycles. The molecule has 3 heteroatoms. The van der Waals surface area contributed by atoms with Gasteiger partial charge in [0.1, 0.15) is 5.84 Å². The van der Waals surface area contributed by atoms with Gasteiger partial charge in [-0.1, -0.05) is 30.5 Å². The highest BCUT2D eigenvalue weighted by atomic mass is 15.2. The Morgan fingerprint density at radius 2 is 1.95 bits per heavy atom. The van der Waals surface area contributed by atoms with Crippen LogP contribution < -0.4 is 0 Å². The highest BCUT2D eigenvalue weighted by molar-refractivity contribution is 5.90. The number of amidine groups is 1. The molecule has 1 aromatic rings. The maximum Gasteiger partial charge on any atom is 0.101 e. The molecule has 0 atom stereocenters. The molecule has 0 amide bonds. The zero-order valence-corrected chi connectivity index (χ0v) is 13.1. The number of aryl methyl sites for hydroxylation is 2. The van der Waals surface area contributed by atoms with Crippen LogP contribution in [0.1, 0.15) is 43.7 Å². The van der Waals surface area contributed by atoms with Crippen LogP contribution in [0.25, 0.3) is 0 Å². The summed E-state index contributed by atoms with van der Waals surface area (Å²) >= 11 is 0. The lowest BCUT2D eigenvalue weighted by Gasteiger charge is -2.15. The van der Waals surface area contributed by atoms with Crippen LogP contribution in [-0.2, 0) is 0 Å². The fourth-order valence-corrected chi connectivity index (χ4v) is 2.57. The zero-order chi connectivity index (χ0) is 14.5. The van der Waals surface area contributed by atoms with Crippen molar-refractivity contribution in [2.75, 3.05) is 7.05 Å². The van der Waals surface area contributed by atoms with Gasteiger partial charge >= 0.3 is 0 Å². The Bertz CT molecular complexity index is 511. The van der Waals surface area contributed by atoms with Crippen molar-refractivity contribution in [3.05, 3.63) is 29.3 Å². The first-order valence-corrected chi connectivity index (χ1v) is 7.45. The first kappa shape index (κ1) is 14.8. The van der Waals surface area contributed by atoms with Gasteiger partial charge in [0.15, 0.2) is 0 Å². The standard InChI is InChI=1S/C17H25N3/c1-13-9-10-17(14(2)11-13)18-12-20(4)15(3)19-16-7-5-6-8-16/h9-12,16H,5-8H2,1-4H3. The van der Waals surface area contributed by atoms with Crippen molar-refractivity contribution < 1.29 is 0 Å². The van der Waals surface area contributed by atoms with Gasteiger partial charge in [-0.2, -0.15) is 0 Å².